The van der Waals surface area contributed by atoms with Gasteiger partial charge in [0.2, 0.25) is 0 Å². The maximum absolute atomic E-state index is 12.9. The molecule has 0 atom stereocenters. The van der Waals surface area contributed by atoms with Crippen LogP contribution in [0, 0.1) is 6.92 Å². The molecule has 4 nitrogen and oxygen atoms in total. The van der Waals surface area contributed by atoms with Gasteiger partial charge in [0.05, 0.1) is 5.56 Å². The van der Waals surface area contributed by atoms with E-state index in [0.717, 1.165) is 17.4 Å². The van der Waals surface area contributed by atoms with Gasteiger partial charge in [-0.2, -0.15) is 13.2 Å². The van der Waals surface area contributed by atoms with Gasteiger partial charge in [0, 0.05) is 12.3 Å². The Hall–Kier alpha value is -2.48. The van der Waals surface area contributed by atoms with Gasteiger partial charge >= 0.3 is 6.18 Å². The van der Waals surface area contributed by atoms with E-state index in [1.165, 1.54) is 23.9 Å². The quantitative estimate of drug-likeness (QED) is 0.485. The first-order chi connectivity index (χ1) is 13.4. The molecule has 2 aromatic carbocycles. The Morgan fingerprint density at radius 3 is 2.50 bits per heavy atom. The number of aromatic nitrogens is 3. The fraction of sp³-hybridized carbons (Fsp3) is 0.300. The zero-order valence-corrected chi connectivity index (χ0v) is 16.3. The molecule has 0 amide bonds. The van der Waals surface area contributed by atoms with E-state index in [-0.39, 0.29) is 6.61 Å². The van der Waals surface area contributed by atoms with Gasteiger partial charge in [0.1, 0.15) is 12.4 Å². The summed E-state index contributed by atoms with van der Waals surface area (Å²) in [6.45, 7) is 4.89. The van der Waals surface area contributed by atoms with E-state index >= 15 is 0 Å². The zero-order valence-electron chi connectivity index (χ0n) is 15.5. The maximum Gasteiger partial charge on any atom is 0.416 e. The molecule has 0 aliphatic rings. The molecule has 0 spiro atoms. The smallest absolute Gasteiger partial charge is 0.416 e. The minimum atomic E-state index is -4.34. The first-order valence-corrected chi connectivity index (χ1v) is 9.76. The Morgan fingerprint density at radius 2 is 1.82 bits per heavy atom. The largest absolute Gasteiger partial charge is 0.486 e. The zero-order chi connectivity index (χ0) is 20.1. The van der Waals surface area contributed by atoms with Gasteiger partial charge in [-0.15, -0.1) is 10.2 Å². The van der Waals surface area contributed by atoms with Crippen molar-refractivity contribution in [1.82, 2.24) is 14.8 Å². The SMILES string of the molecule is CCn1c(COc2ccc(C)cc2)nnc1SCc1cccc(C(F)(F)F)c1. The standard InChI is InChI=1S/C20H20F3N3OS/c1-3-26-18(12-27-17-9-7-14(2)8-10-17)24-25-19(26)28-13-15-5-4-6-16(11-15)20(21,22)23/h4-11H,3,12-13H2,1-2H3. The van der Waals surface area contributed by atoms with Crippen molar-refractivity contribution in [3.05, 3.63) is 71.0 Å². The summed E-state index contributed by atoms with van der Waals surface area (Å²) in [5.74, 6) is 1.80. The summed E-state index contributed by atoms with van der Waals surface area (Å²) in [7, 11) is 0. The van der Waals surface area contributed by atoms with E-state index in [1.807, 2.05) is 42.7 Å². The Kier molecular flexibility index (Phi) is 6.28. The highest BCUT2D eigenvalue weighted by atomic mass is 32.2. The lowest BCUT2D eigenvalue weighted by Crippen LogP contribution is -2.07. The van der Waals surface area contributed by atoms with E-state index in [0.29, 0.717) is 28.8 Å². The second kappa shape index (κ2) is 8.68. The van der Waals surface area contributed by atoms with Crippen LogP contribution in [-0.2, 0) is 25.1 Å². The van der Waals surface area contributed by atoms with Gasteiger partial charge in [0.15, 0.2) is 11.0 Å². The molecule has 0 saturated carbocycles. The highest BCUT2D eigenvalue weighted by Crippen LogP contribution is 2.31. The van der Waals surface area contributed by atoms with Crippen LogP contribution >= 0.6 is 11.8 Å². The van der Waals surface area contributed by atoms with Crippen molar-refractivity contribution in [2.24, 2.45) is 0 Å². The molecule has 0 saturated heterocycles. The number of rotatable bonds is 7. The summed E-state index contributed by atoms with van der Waals surface area (Å²) in [6, 6.07) is 13.1. The van der Waals surface area contributed by atoms with E-state index in [1.54, 1.807) is 6.07 Å². The number of hydrogen-bond acceptors (Lipinski definition) is 4. The number of hydrogen-bond donors (Lipinski definition) is 0. The number of aryl methyl sites for hydroxylation is 1. The van der Waals surface area contributed by atoms with Crippen molar-refractivity contribution >= 4 is 11.8 Å². The third-order valence-corrected chi connectivity index (χ3v) is 5.16. The predicted molar refractivity (Wildman–Crippen MR) is 102 cm³/mol. The summed E-state index contributed by atoms with van der Waals surface area (Å²) in [4.78, 5) is 0. The lowest BCUT2D eigenvalue weighted by atomic mass is 10.1. The monoisotopic (exact) mass is 407 g/mol. The number of nitrogens with zero attached hydrogens (tertiary/aromatic N) is 3. The molecule has 0 radical (unpaired) electrons. The van der Waals surface area contributed by atoms with Crippen LogP contribution in [0.1, 0.15) is 29.4 Å². The lowest BCUT2D eigenvalue weighted by molar-refractivity contribution is -0.137. The third kappa shape index (κ3) is 5.07. The minimum Gasteiger partial charge on any atom is -0.486 e. The molecular weight excluding hydrogens is 387 g/mol. The van der Waals surface area contributed by atoms with E-state index in [4.69, 9.17) is 4.74 Å². The third-order valence-electron chi connectivity index (χ3n) is 4.12. The molecule has 0 aliphatic heterocycles. The maximum atomic E-state index is 12.9. The van der Waals surface area contributed by atoms with Crippen molar-refractivity contribution in [3.63, 3.8) is 0 Å². The Balaban J connectivity index is 1.66. The second-order valence-electron chi connectivity index (χ2n) is 6.23. The summed E-state index contributed by atoms with van der Waals surface area (Å²) in [5, 5.41) is 9.00. The number of ether oxygens (including phenoxy) is 1. The predicted octanol–water partition coefficient (Wildman–Crippen LogP) is 5.50. The Labute approximate surface area is 165 Å². The molecule has 0 aliphatic carbocycles. The Bertz CT molecular complexity index is 923. The fourth-order valence-electron chi connectivity index (χ4n) is 2.62. The van der Waals surface area contributed by atoms with Crippen molar-refractivity contribution in [3.8, 4) is 5.75 Å². The Morgan fingerprint density at radius 1 is 1.07 bits per heavy atom. The first kappa shape index (κ1) is 20.3. The molecule has 148 valence electrons. The first-order valence-electron chi connectivity index (χ1n) is 8.77. The average Bonchev–Trinajstić information content (AvgIpc) is 3.07. The number of thioether (sulfide) groups is 1. The summed E-state index contributed by atoms with van der Waals surface area (Å²) < 4.78 is 46.2. The highest BCUT2D eigenvalue weighted by Gasteiger charge is 2.30. The van der Waals surface area contributed by atoms with E-state index in [9.17, 15) is 13.2 Å². The number of benzene rings is 2. The molecule has 0 fully saturated rings. The molecule has 3 aromatic rings. The number of alkyl halides is 3. The molecular formula is C20H20F3N3OS. The van der Waals surface area contributed by atoms with Crippen LogP contribution in [0.4, 0.5) is 13.2 Å². The van der Waals surface area contributed by atoms with Crippen LogP contribution in [0.5, 0.6) is 5.75 Å². The highest BCUT2D eigenvalue weighted by molar-refractivity contribution is 7.98. The van der Waals surface area contributed by atoms with E-state index < -0.39 is 11.7 Å². The summed E-state index contributed by atoms with van der Waals surface area (Å²) in [5.41, 5.74) is 1.09. The molecule has 1 heterocycles. The van der Waals surface area contributed by atoms with Crippen molar-refractivity contribution in [2.75, 3.05) is 0 Å². The van der Waals surface area contributed by atoms with Crippen LogP contribution in [0.3, 0.4) is 0 Å². The fourth-order valence-corrected chi connectivity index (χ4v) is 3.58. The second-order valence-corrected chi connectivity index (χ2v) is 7.17. The van der Waals surface area contributed by atoms with Crippen LogP contribution in [0.15, 0.2) is 53.7 Å². The van der Waals surface area contributed by atoms with Crippen LogP contribution in [0.25, 0.3) is 0 Å². The van der Waals surface area contributed by atoms with Crippen molar-refractivity contribution in [2.45, 2.75) is 44.1 Å². The normalized spacial score (nSPS) is 11.6. The molecule has 28 heavy (non-hydrogen) atoms. The minimum absolute atomic E-state index is 0.272. The molecule has 3 rings (SSSR count). The molecule has 0 bridgehead atoms. The topological polar surface area (TPSA) is 39.9 Å². The van der Waals surface area contributed by atoms with Crippen LogP contribution < -0.4 is 4.74 Å². The van der Waals surface area contributed by atoms with Gasteiger partial charge in [-0.25, -0.2) is 0 Å². The van der Waals surface area contributed by atoms with Crippen LogP contribution in [0.2, 0.25) is 0 Å². The van der Waals surface area contributed by atoms with Crippen molar-refractivity contribution < 1.29 is 17.9 Å². The molecule has 1 aromatic heterocycles. The van der Waals surface area contributed by atoms with Gasteiger partial charge < -0.3 is 9.30 Å². The van der Waals surface area contributed by atoms with Crippen molar-refractivity contribution in [1.29, 1.82) is 0 Å². The van der Waals surface area contributed by atoms with Crippen LogP contribution in [-0.4, -0.2) is 14.8 Å². The average molecular weight is 407 g/mol. The van der Waals surface area contributed by atoms with Gasteiger partial charge in [-0.1, -0.05) is 47.7 Å². The summed E-state index contributed by atoms with van der Waals surface area (Å²) in [6.07, 6.45) is -4.34. The van der Waals surface area contributed by atoms with E-state index in [2.05, 4.69) is 10.2 Å². The number of halogens is 3. The summed E-state index contributed by atoms with van der Waals surface area (Å²) >= 11 is 1.35. The molecule has 0 unspecified atom stereocenters. The molecule has 0 N–H and O–H groups in total. The van der Waals surface area contributed by atoms with Gasteiger partial charge in [-0.3, -0.25) is 0 Å². The lowest BCUT2D eigenvalue weighted by Gasteiger charge is -2.10. The molecule has 8 heteroatoms. The van der Waals surface area contributed by atoms with Gasteiger partial charge in [0.25, 0.3) is 0 Å². The van der Waals surface area contributed by atoms with Gasteiger partial charge in [-0.05, 0) is 37.6 Å².